The van der Waals surface area contributed by atoms with Crippen molar-refractivity contribution in [1.82, 2.24) is 0 Å². The summed E-state index contributed by atoms with van der Waals surface area (Å²) in [4.78, 5) is 10.6. The molecule has 0 bridgehead atoms. The zero-order valence-electron chi connectivity index (χ0n) is 6.19. The molecule has 3 heteroatoms. The van der Waals surface area contributed by atoms with Crippen LogP contribution in [0.3, 0.4) is 0 Å². The Balaban J connectivity index is 2.21. The highest BCUT2D eigenvalue weighted by Gasteiger charge is 2.08. The van der Waals surface area contributed by atoms with Crippen LogP contribution in [0.2, 0.25) is 0 Å². The predicted octanol–water partition coefficient (Wildman–Crippen LogP) is 2.20. The molecule has 0 unspecified atom stereocenters. The molecule has 2 heterocycles. The van der Waals surface area contributed by atoms with E-state index in [9.17, 15) is 4.79 Å². The van der Waals surface area contributed by atoms with Crippen LogP contribution >= 0.6 is 11.3 Å². The molecular weight excluding hydrogens is 172 g/mol. The van der Waals surface area contributed by atoms with Crippen molar-refractivity contribution < 1.29 is 9.53 Å². The monoisotopic (exact) mass is 178 g/mol. The van der Waals surface area contributed by atoms with Gasteiger partial charge in [0.2, 0.25) is 0 Å². The molecule has 1 aromatic rings. The molecule has 0 fully saturated rings. The topological polar surface area (TPSA) is 26.3 Å². The molecule has 0 atom stereocenters. The molecule has 1 aliphatic heterocycles. The summed E-state index contributed by atoms with van der Waals surface area (Å²) in [5, 5.41) is 3.97. The second-order valence-electron chi connectivity index (χ2n) is 2.36. The van der Waals surface area contributed by atoms with Crippen molar-refractivity contribution >= 4 is 23.4 Å². The average molecular weight is 178 g/mol. The summed E-state index contributed by atoms with van der Waals surface area (Å²) in [6.45, 7) is 0. The van der Waals surface area contributed by atoms with Gasteiger partial charge in [-0.15, -0.1) is 0 Å². The Hall–Kier alpha value is -1.35. The van der Waals surface area contributed by atoms with Crippen molar-refractivity contribution in [3.8, 4) is 0 Å². The standard InChI is InChI=1S/C9H6O2S/c10-9-2-1-8(11-9)5-7-3-4-12-6-7/h1-6H. The molecule has 0 saturated heterocycles. The zero-order chi connectivity index (χ0) is 8.39. The van der Waals surface area contributed by atoms with Crippen LogP contribution in [0.15, 0.2) is 34.7 Å². The van der Waals surface area contributed by atoms with Crippen LogP contribution in [0.4, 0.5) is 0 Å². The van der Waals surface area contributed by atoms with E-state index in [0.29, 0.717) is 5.76 Å². The summed E-state index contributed by atoms with van der Waals surface area (Å²) in [5.41, 5.74) is 1.06. The summed E-state index contributed by atoms with van der Waals surface area (Å²) < 4.78 is 4.85. The first-order valence-electron chi connectivity index (χ1n) is 3.48. The number of allylic oxidation sites excluding steroid dienone is 1. The van der Waals surface area contributed by atoms with Crippen LogP contribution in [-0.4, -0.2) is 5.97 Å². The maximum Gasteiger partial charge on any atom is 0.336 e. The highest BCUT2D eigenvalue weighted by Crippen LogP contribution is 2.15. The molecule has 1 aliphatic rings. The average Bonchev–Trinajstić information content (AvgIpc) is 2.63. The fraction of sp³-hybridized carbons (Fsp3) is 0. The highest BCUT2D eigenvalue weighted by atomic mass is 32.1. The normalized spacial score (nSPS) is 18.7. The van der Waals surface area contributed by atoms with E-state index in [1.54, 1.807) is 17.4 Å². The minimum Gasteiger partial charge on any atom is -0.423 e. The van der Waals surface area contributed by atoms with Crippen LogP contribution in [0.25, 0.3) is 6.08 Å². The Morgan fingerprint density at radius 1 is 1.42 bits per heavy atom. The van der Waals surface area contributed by atoms with Crippen molar-refractivity contribution in [2.24, 2.45) is 0 Å². The fourth-order valence-electron chi connectivity index (χ4n) is 0.933. The van der Waals surface area contributed by atoms with E-state index in [1.807, 2.05) is 22.9 Å². The van der Waals surface area contributed by atoms with Crippen LogP contribution in [-0.2, 0) is 9.53 Å². The molecule has 0 radical (unpaired) electrons. The van der Waals surface area contributed by atoms with Crippen molar-refractivity contribution in [3.63, 3.8) is 0 Å². The Morgan fingerprint density at radius 2 is 2.33 bits per heavy atom. The third kappa shape index (κ3) is 1.46. The van der Waals surface area contributed by atoms with Gasteiger partial charge >= 0.3 is 5.97 Å². The Morgan fingerprint density at radius 3 is 2.92 bits per heavy atom. The lowest BCUT2D eigenvalue weighted by molar-refractivity contribution is -0.132. The number of carbonyl (C=O) groups is 1. The van der Waals surface area contributed by atoms with Gasteiger partial charge in [0, 0.05) is 6.08 Å². The van der Waals surface area contributed by atoms with Gasteiger partial charge in [0.25, 0.3) is 0 Å². The lowest BCUT2D eigenvalue weighted by Crippen LogP contribution is -1.89. The number of thiophene rings is 1. The second kappa shape index (κ2) is 2.95. The molecule has 0 amide bonds. The van der Waals surface area contributed by atoms with Crippen molar-refractivity contribution in [2.75, 3.05) is 0 Å². The van der Waals surface area contributed by atoms with Gasteiger partial charge < -0.3 is 4.74 Å². The first kappa shape index (κ1) is 7.31. The molecule has 12 heavy (non-hydrogen) atoms. The van der Waals surface area contributed by atoms with Gasteiger partial charge in [-0.1, -0.05) is 0 Å². The van der Waals surface area contributed by atoms with Gasteiger partial charge in [-0.2, -0.15) is 11.3 Å². The number of cyclic esters (lactones) is 1. The molecular formula is C9H6O2S. The van der Waals surface area contributed by atoms with E-state index in [4.69, 9.17) is 4.74 Å². The summed E-state index contributed by atoms with van der Waals surface area (Å²) in [6, 6.07) is 1.97. The minimum atomic E-state index is -0.295. The van der Waals surface area contributed by atoms with E-state index in [-0.39, 0.29) is 5.97 Å². The summed E-state index contributed by atoms with van der Waals surface area (Å²) in [7, 11) is 0. The molecule has 0 aromatic carbocycles. The van der Waals surface area contributed by atoms with Gasteiger partial charge in [-0.25, -0.2) is 4.79 Å². The SMILES string of the molecule is O=C1C=CC(=Cc2ccsc2)O1. The van der Waals surface area contributed by atoms with Gasteiger partial charge in [0.05, 0.1) is 0 Å². The highest BCUT2D eigenvalue weighted by molar-refractivity contribution is 7.08. The third-order valence-electron chi connectivity index (χ3n) is 1.45. The minimum absolute atomic E-state index is 0.295. The number of ether oxygens (including phenoxy) is 1. The van der Waals surface area contributed by atoms with E-state index < -0.39 is 0 Å². The number of rotatable bonds is 1. The number of hydrogen-bond donors (Lipinski definition) is 0. The molecule has 0 spiro atoms. The van der Waals surface area contributed by atoms with Crippen LogP contribution in [0.1, 0.15) is 5.56 Å². The van der Waals surface area contributed by atoms with Crippen LogP contribution in [0, 0.1) is 0 Å². The zero-order valence-corrected chi connectivity index (χ0v) is 7.01. The molecule has 0 aliphatic carbocycles. The van der Waals surface area contributed by atoms with Gasteiger partial charge in [-0.3, -0.25) is 0 Å². The maximum atomic E-state index is 10.6. The van der Waals surface area contributed by atoms with Crippen LogP contribution in [0.5, 0.6) is 0 Å². The number of hydrogen-bond acceptors (Lipinski definition) is 3. The molecule has 2 rings (SSSR count). The van der Waals surface area contributed by atoms with Gasteiger partial charge in [0.1, 0.15) is 5.76 Å². The number of esters is 1. The molecule has 60 valence electrons. The lowest BCUT2D eigenvalue weighted by atomic mass is 10.3. The fourth-order valence-corrected chi connectivity index (χ4v) is 1.55. The summed E-state index contributed by atoms with van der Waals surface area (Å²) >= 11 is 1.61. The summed E-state index contributed by atoms with van der Waals surface area (Å²) in [6.07, 6.45) is 4.91. The Bertz CT molecular complexity index is 347. The van der Waals surface area contributed by atoms with Gasteiger partial charge in [-0.05, 0) is 34.5 Å². The summed E-state index contributed by atoms with van der Waals surface area (Å²) in [5.74, 6) is 0.315. The van der Waals surface area contributed by atoms with Crippen LogP contribution < -0.4 is 0 Å². The Labute approximate surface area is 73.8 Å². The van der Waals surface area contributed by atoms with Crippen molar-refractivity contribution in [3.05, 3.63) is 40.3 Å². The first-order chi connectivity index (χ1) is 5.84. The molecule has 0 N–H and O–H groups in total. The smallest absolute Gasteiger partial charge is 0.336 e. The van der Waals surface area contributed by atoms with E-state index in [0.717, 1.165) is 5.56 Å². The van der Waals surface area contributed by atoms with E-state index >= 15 is 0 Å². The van der Waals surface area contributed by atoms with Crippen molar-refractivity contribution in [2.45, 2.75) is 0 Å². The van der Waals surface area contributed by atoms with Crippen molar-refractivity contribution in [1.29, 1.82) is 0 Å². The molecule has 1 aromatic heterocycles. The largest absolute Gasteiger partial charge is 0.423 e. The second-order valence-corrected chi connectivity index (χ2v) is 3.14. The first-order valence-corrected chi connectivity index (χ1v) is 4.43. The quantitative estimate of drug-likeness (QED) is 0.616. The molecule has 2 nitrogen and oxygen atoms in total. The third-order valence-corrected chi connectivity index (χ3v) is 2.16. The maximum absolute atomic E-state index is 10.6. The predicted molar refractivity (Wildman–Crippen MR) is 47.5 cm³/mol. The Kier molecular flexibility index (Phi) is 1.80. The van der Waals surface area contributed by atoms with E-state index in [2.05, 4.69) is 0 Å². The number of carbonyl (C=O) groups excluding carboxylic acids is 1. The van der Waals surface area contributed by atoms with Gasteiger partial charge in [0.15, 0.2) is 0 Å². The lowest BCUT2D eigenvalue weighted by Gasteiger charge is -1.92. The molecule has 0 saturated carbocycles. The van der Waals surface area contributed by atoms with E-state index in [1.165, 1.54) is 6.08 Å².